The monoisotopic (exact) mass is 422 g/mol. The zero-order valence-corrected chi connectivity index (χ0v) is 18.0. The number of hydrogen-bond donors (Lipinski definition) is 4. The molecule has 0 amide bonds. The second-order valence-electron chi connectivity index (χ2n) is 7.81. The molecular formula is C24H30N4O3. The van der Waals surface area contributed by atoms with Crippen molar-refractivity contribution in [2.75, 3.05) is 20.2 Å². The fourth-order valence-corrected chi connectivity index (χ4v) is 4.05. The topological polar surface area (TPSA) is 128 Å². The van der Waals surface area contributed by atoms with E-state index in [4.69, 9.17) is 21.9 Å². The molecule has 0 aromatic heterocycles. The molecule has 1 atom stereocenters. The first-order valence-corrected chi connectivity index (χ1v) is 10.3. The molecule has 7 nitrogen and oxygen atoms in total. The van der Waals surface area contributed by atoms with E-state index in [9.17, 15) is 9.90 Å². The molecule has 164 valence electrons. The Hall–Kier alpha value is -3.61. The van der Waals surface area contributed by atoms with Crippen LogP contribution < -0.4 is 17.2 Å². The normalized spacial score (nSPS) is 16.6. The summed E-state index contributed by atoms with van der Waals surface area (Å²) in [5.41, 5.74) is 22.5. The van der Waals surface area contributed by atoms with Crippen LogP contribution in [0.5, 0.6) is 5.75 Å². The summed E-state index contributed by atoms with van der Waals surface area (Å²) in [5, 5.41) is 10.1. The molecular weight excluding hydrogens is 392 g/mol. The van der Waals surface area contributed by atoms with Crippen LogP contribution in [0, 0.1) is 6.92 Å². The van der Waals surface area contributed by atoms with Gasteiger partial charge in [0.15, 0.2) is 0 Å². The number of aromatic hydroxyl groups is 1. The number of likely N-dealkylation sites (tertiary alicyclic amines) is 1. The van der Waals surface area contributed by atoms with Gasteiger partial charge in [-0.25, -0.2) is 4.79 Å². The number of phenolic OH excluding ortho intramolecular Hbond substituents is 1. The largest absolute Gasteiger partial charge is 0.507 e. The fraction of sp³-hybridized carbons (Fsp3) is 0.292. The zero-order chi connectivity index (χ0) is 22.5. The van der Waals surface area contributed by atoms with Crippen molar-refractivity contribution in [2.45, 2.75) is 25.7 Å². The predicted octanol–water partition coefficient (Wildman–Crippen LogP) is 2.75. The number of rotatable bonds is 5. The molecule has 1 aliphatic rings. The SMILES string of the molecule is COC(=O)c1ccc(C2CCCN(C(/C=C(\N)c3ccccc3O)=C(N)N)C2)cc1C. The van der Waals surface area contributed by atoms with E-state index in [2.05, 4.69) is 4.90 Å². The average molecular weight is 423 g/mol. The first-order chi connectivity index (χ1) is 14.8. The minimum absolute atomic E-state index is 0.101. The number of carbonyl (C=O) groups is 1. The van der Waals surface area contributed by atoms with Gasteiger partial charge in [0.1, 0.15) is 11.6 Å². The van der Waals surface area contributed by atoms with Crippen LogP contribution in [-0.4, -0.2) is 36.2 Å². The lowest BCUT2D eigenvalue weighted by Gasteiger charge is -2.36. The van der Waals surface area contributed by atoms with Gasteiger partial charge in [0, 0.05) is 30.3 Å². The maximum Gasteiger partial charge on any atom is 0.338 e. The summed E-state index contributed by atoms with van der Waals surface area (Å²) in [6, 6.07) is 12.7. The van der Waals surface area contributed by atoms with Gasteiger partial charge in [0.2, 0.25) is 0 Å². The number of ether oxygens (including phenoxy) is 1. The summed E-state index contributed by atoms with van der Waals surface area (Å²) in [6.07, 6.45) is 3.70. The van der Waals surface area contributed by atoms with Gasteiger partial charge in [0.05, 0.1) is 18.4 Å². The third kappa shape index (κ3) is 4.94. The van der Waals surface area contributed by atoms with Crippen LogP contribution >= 0.6 is 0 Å². The van der Waals surface area contributed by atoms with Crippen molar-refractivity contribution in [2.24, 2.45) is 17.2 Å². The standard InChI is InChI=1S/C24H30N4O3/c1-15-12-16(9-10-18(15)24(30)31-2)17-6-5-11-28(14-17)21(23(26)27)13-20(25)19-7-3-4-8-22(19)29/h3-4,7-10,12-13,17,29H,5-6,11,14,25-27H2,1-2H3/b20-13-. The highest BCUT2D eigenvalue weighted by atomic mass is 16.5. The predicted molar refractivity (Wildman–Crippen MR) is 122 cm³/mol. The number of nitrogens with zero attached hydrogens (tertiary/aromatic N) is 1. The number of carbonyl (C=O) groups excluding carboxylic acids is 1. The van der Waals surface area contributed by atoms with Crippen LogP contribution in [0.4, 0.5) is 0 Å². The van der Waals surface area contributed by atoms with Crippen molar-refractivity contribution in [3.8, 4) is 5.75 Å². The van der Waals surface area contributed by atoms with Gasteiger partial charge < -0.3 is 31.9 Å². The molecule has 1 aliphatic heterocycles. The van der Waals surface area contributed by atoms with E-state index in [1.807, 2.05) is 31.2 Å². The minimum atomic E-state index is -0.333. The van der Waals surface area contributed by atoms with Gasteiger partial charge in [-0.3, -0.25) is 0 Å². The number of aryl methyl sites for hydroxylation is 1. The van der Waals surface area contributed by atoms with Crippen LogP contribution in [-0.2, 0) is 4.74 Å². The van der Waals surface area contributed by atoms with E-state index in [0.717, 1.165) is 37.1 Å². The van der Waals surface area contributed by atoms with Crippen molar-refractivity contribution < 1.29 is 14.6 Å². The number of hydrogen-bond acceptors (Lipinski definition) is 7. The van der Waals surface area contributed by atoms with Crippen molar-refractivity contribution in [1.29, 1.82) is 0 Å². The lowest BCUT2D eigenvalue weighted by Crippen LogP contribution is -2.36. The van der Waals surface area contributed by atoms with Crippen molar-refractivity contribution in [3.63, 3.8) is 0 Å². The van der Waals surface area contributed by atoms with Gasteiger partial charge in [-0.1, -0.05) is 24.3 Å². The molecule has 7 N–H and O–H groups in total. The fourth-order valence-electron chi connectivity index (χ4n) is 4.05. The Balaban J connectivity index is 1.85. The van der Waals surface area contributed by atoms with Gasteiger partial charge in [-0.05, 0) is 55.2 Å². The number of methoxy groups -OCH3 is 1. The maximum atomic E-state index is 11.9. The second-order valence-corrected chi connectivity index (χ2v) is 7.81. The molecule has 0 radical (unpaired) electrons. The summed E-state index contributed by atoms with van der Waals surface area (Å²) in [4.78, 5) is 14.0. The van der Waals surface area contributed by atoms with E-state index >= 15 is 0 Å². The van der Waals surface area contributed by atoms with E-state index in [1.165, 1.54) is 7.11 Å². The quantitative estimate of drug-likeness (QED) is 0.431. The van der Waals surface area contributed by atoms with Crippen LogP contribution in [0.15, 0.2) is 60.1 Å². The lowest BCUT2D eigenvalue weighted by atomic mass is 9.88. The number of para-hydroxylation sites is 1. The Bertz CT molecular complexity index is 1030. The van der Waals surface area contributed by atoms with E-state index in [1.54, 1.807) is 24.3 Å². The molecule has 31 heavy (non-hydrogen) atoms. The molecule has 3 rings (SSSR count). The van der Waals surface area contributed by atoms with E-state index < -0.39 is 0 Å². The number of benzene rings is 2. The summed E-state index contributed by atoms with van der Waals surface area (Å²) in [6.45, 7) is 3.43. The number of phenols is 1. The van der Waals surface area contributed by atoms with Crippen LogP contribution in [0.3, 0.4) is 0 Å². The van der Waals surface area contributed by atoms with Crippen molar-refractivity contribution in [1.82, 2.24) is 4.90 Å². The minimum Gasteiger partial charge on any atom is -0.507 e. The Morgan fingerprint density at radius 3 is 2.55 bits per heavy atom. The van der Waals surface area contributed by atoms with Gasteiger partial charge in [-0.2, -0.15) is 0 Å². The summed E-state index contributed by atoms with van der Waals surface area (Å²) >= 11 is 0. The first kappa shape index (κ1) is 22.1. The third-order valence-corrected chi connectivity index (χ3v) is 5.69. The Labute approximate surface area is 182 Å². The highest BCUT2D eigenvalue weighted by Gasteiger charge is 2.24. The van der Waals surface area contributed by atoms with E-state index in [0.29, 0.717) is 22.5 Å². The number of piperidine rings is 1. The Kier molecular flexibility index (Phi) is 6.74. The number of esters is 1. The molecule has 0 aliphatic carbocycles. The molecule has 1 heterocycles. The Morgan fingerprint density at radius 2 is 1.90 bits per heavy atom. The molecule has 2 aromatic rings. The molecule has 7 heteroatoms. The summed E-state index contributed by atoms with van der Waals surface area (Å²) in [7, 11) is 1.38. The lowest BCUT2D eigenvalue weighted by molar-refractivity contribution is 0.0600. The van der Waals surface area contributed by atoms with Crippen molar-refractivity contribution in [3.05, 3.63) is 82.3 Å². The number of nitrogens with two attached hydrogens (primary N) is 3. The maximum absolute atomic E-state index is 11.9. The molecule has 1 unspecified atom stereocenters. The summed E-state index contributed by atoms with van der Waals surface area (Å²) in [5.74, 6) is 0.202. The average Bonchev–Trinajstić information content (AvgIpc) is 2.77. The van der Waals surface area contributed by atoms with Crippen molar-refractivity contribution >= 4 is 11.7 Å². The second kappa shape index (κ2) is 9.47. The number of allylic oxidation sites excluding steroid dienone is 1. The van der Waals surface area contributed by atoms with Gasteiger partial charge in [-0.15, -0.1) is 0 Å². The molecule has 0 bridgehead atoms. The molecule has 0 spiro atoms. The highest BCUT2D eigenvalue weighted by molar-refractivity contribution is 5.91. The summed E-state index contributed by atoms with van der Waals surface area (Å²) < 4.78 is 4.84. The Morgan fingerprint density at radius 1 is 1.16 bits per heavy atom. The van der Waals surface area contributed by atoms with Gasteiger partial charge in [0.25, 0.3) is 0 Å². The first-order valence-electron chi connectivity index (χ1n) is 10.3. The highest BCUT2D eigenvalue weighted by Crippen LogP contribution is 2.31. The van der Waals surface area contributed by atoms with Gasteiger partial charge >= 0.3 is 5.97 Å². The van der Waals surface area contributed by atoms with Crippen LogP contribution in [0.25, 0.3) is 5.70 Å². The zero-order valence-electron chi connectivity index (χ0n) is 18.0. The van der Waals surface area contributed by atoms with E-state index in [-0.39, 0.29) is 23.5 Å². The smallest absolute Gasteiger partial charge is 0.338 e. The molecule has 1 fully saturated rings. The third-order valence-electron chi connectivity index (χ3n) is 5.69. The molecule has 1 saturated heterocycles. The molecule has 0 saturated carbocycles. The van der Waals surface area contributed by atoms with Crippen LogP contribution in [0.2, 0.25) is 0 Å². The van der Waals surface area contributed by atoms with Crippen LogP contribution in [0.1, 0.15) is 45.8 Å². The molecule has 2 aromatic carbocycles.